The van der Waals surface area contributed by atoms with E-state index in [4.69, 9.17) is 0 Å². The SMILES string of the molecule is O=C(C1CC1)N1CCc2cc(S(=O)(=O)N3CCN(c4nccs4)CC3)ccc21. The summed E-state index contributed by atoms with van der Waals surface area (Å²) in [6.45, 7) is 2.83. The quantitative estimate of drug-likeness (QED) is 0.759. The highest BCUT2D eigenvalue weighted by molar-refractivity contribution is 7.89. The third kappa shape index (κ3) is 3.11. The molecule has 2 aliphatic heterocycles. The van der Waals surface area contributed by atoms with Gasteiger partial charge in [-0.15, -0.1) is 11.3 Å². The zero-order chi connectivity index (χ0) is 19.3. The van der Waals surface area contributed by atoms with Gasteiger partial charge in [0.2, 0.25) is 15.9 Å². The average molecular weight is 419 g/mol. The minimum atomic E-state index is -3.53. The van der Waals surface area contributed by atoms with Crippen LogP contribution in [0.25, 0.3) is 0 Å². The third-order valence-electron chi connectivity index (χ3n) is 5.71. The standard InChI is InChI=1S/C19H22N4O3S2/c24-18(14-1-2-14)23-7-5-15-13-16(3-4-17(15)23)28(25,26)22-10-8-21(9-11-22)19-20-6-12-27-19/h3-4,6,12-14H,1-2,5,7-11H2. The Morgan fingerprint density at radius 3 is 2.57 bits per heavy atom. The molecule has 1 aromatic heterocycles. The molecule has 3 heterocycles. The minimum Gasteiger partial charge on any atom is -0.345 e. The first kappa shape index (κ1) is 18.1. The van der Waals surface area contributed by atoms with Crippen LogP contribution in [0, 0.1) is 5.92 Å². The fourth-order valence-electron chi connectivity index (χ4n) is 3.96. The van der Waals surface area contributed by atoms with Gasteiger partial charge < -0.3 is 9.80 Å². The first-order chi connectivity index (χ1) is 13.5. The van der Waals surface area contributed by atoms with E-state index in [-0.39, 0.29) is 11.8 Å². The number of sulfonamides is 1. The molecular formula is C19H22N4O3S2. The molecule has 5 rings (SSSR count). The fourth-order valence-corrected chi connectivity index (χ4v) is 6.13. The largest absolute Gasteiger partial charge is 0.345 e. The van der Waals surface area contributed by atoms with Crippen LogP contribution in [0.4, 0.5) is 10.8 Å². The van der Waals surface area contributed by atoms with Gasteiger partial charge in [0.05, 0.1) is 4.90 Å². The van der Waals surface area contributed by atoms with Crippen molar-refractivity contribution < 1.29 is 13.2 Å². The van der Waals surface area contributed by atoms with Gasteiger partial charge in [-0.3, -0.25) is 4.79 Å². The summed E-state index contributed by atoms with van der Waals surface area (Å²) in [5.41, 5.74) is 1.83. The first-order valence-corrected chi connectivity index (χ1v) is 11.9. The Kier molecular flexibility index (Phi) is 4.41. The van der Waals surface area contributed by atoms with Gasteiger partial charge in [0.25, 0.3) is 0 Å². The molecule has 148 valence electrons. The lowest BCUT2D eigenvalue weighted by Crippen LogP contribution is -2.48. The van der Waals surface area contributed by atoms with Crippen molar-refractivity contribution in [1.82, 2.24) is 9.29 Å². The summed E-state index contributed by atoms with van der Waals surface area (Å²) in [4.78, 5) is 21.0. The molecule has 3 aliphatic rings. The van der Waals surface area contributed by atoms with Crippen LogP contribution in [0.3, 0.4) is 0 Å². The van der Waals surface area contributed by atoms with Crippen molar-refractivity contribution in [2.45, 2.75) is 24.2 Å². The van der Waals surface area contributed by atoms with Crippen molar-refractivity contribution in [3.63, 3.8) is 0 Å². The van der Waals surface area contributed by atoms with Crippen LogP contribution in [0.5, 0.6) is 0 Å². The number of nitrogens with zero attached hydrogens (tertiary/aromatic N) is 4. The first-order valence-electron chi connectivity index (χ1n) is 9.63. The summed E-state index contributed by atoms with van der Waals surface area (Å²) < 4.78 is 27.8. The predicted octanol–water partition coefficient (Wildman–Crippen LogP) is 1.95. The molecule has 1 amide bonds. The van der Waals surface area contributed by atoms with Crippen molar-refractivity contribution in [2.24, 2.45) is 5.92 Å². The number of rotatable bonds is 4. The summed E-state index contributed by atoms with van der Waals surface area (Å²) in [6, 6.07) is 5.22. The zero-order valence-corrected chi connectivity index (χ0v) is 17.1. The number of carbonyl (C=O) groups excluding carboxylic acids is 1. The van der Waals surface area contributed by atoms with E-state index in [1.807, 2.05) is 10.3 Å². The number of fused-ring (bicyclic) bond motifs is 1. The van der Waals surface area contributed by atoms with Gasteiger partial charge in [-0.1, -0.05) is 0 Å². The van der Waals surface area contributed by atoms with Crippen LogP contribution in [0.1, 0.15) is 18.4 Å². The van der Waals surface area contributed by atoms with Gasteiger partial charge >= 0.3 is 0 Å². The molecule has 7 nitrogen and oxygen atoms in total. The molecule has 28 heavy (non-hydrogen) atoms. The minimum absolute atomic E-state index is 0.170. The molecular weight excluding hydrogens is 396 g/mol. The predicted molar refractivity (Wildman–Crippen MR) is 108 cm³/mol. The number of piperazine rings is 1. The summed E-state index contributed by atoms with van der Waals surface area (Å²) in [5.74, 6) is 0.358. The van der Waals surface area contributed by atoms with Gasteiger partial charge in [-0.25, -0.2) is 13.4 Å². The lowest BCUT2D eigenvalue weighted by molar-refractivity contribution is -0.119. The van der Waals surface area contributed by atoms with Gasteiger partial charge in [-0.05, 0) is 43.0 Å². The summed E-state index contributed by atoms with van der Waals surface area (Å²) in [5, 5.41) is 2.87. The normalized spacial score (nSPS) is 20.4. The monoisotopic (exact) mass is 418 g/mol. The van der Waals surface area contributed by atoms with Crippen LogP contribution in [-0.4, -0.2) is 56.3 Å². The Morgan fingerprint density at radius 1 is 1.11 bits per heavy atom. The molecule has 1 saturated heterocycles. The number of aromatic nitrogens is 1. The van der Waals surface area contributed by atoms with E-state index in [0.29, 0.717) is 37.6 Å². The molecule has 1 saturated carbocycles. The van der Waals surface area contributed by atoms with E-state index in [1.54, 1.807) is 40.0 Å². The molecule has 9 heteroatoms. The molecule has 0 unspecified atom stereocenters. The van der Waals surface area contributed by atoms with Gasteiger partial charge in [-0.2, -0.15) is 4.31 Å². The Balaban J connectivity index is 1.32. The topological polar surface area (TPSA) is 73.8 Å². The van der Waals surface area contributed by atoms with Crippen LogP contribution in [-0.2, 0) is 21.2 Å². The molecule has 2 fully saturated rings. The molecule has 2 aromatic rings. The van der Waals surface area contributed by atoms with E-state index in [0.717, 1.165) is 35.6 Å². The van der Waals surface area contributed by atoms with E-state index in [9.17, 15) is 13.2 Å². The zero-order valence-electron chi connectivity index (χ0n) is 15.5. The Morgan fingerprint density at radius 2 is 1.89 bits per heavy atom. The number of hydrogen-bond donors (Lipinski definition) is 0. The van der Waals surface area contributed by atoms with E-state index in [2.05, 4.69) is 9.88 Å². The molecule has 1 aliphatic carbocycles. The molecule has 0 spiro atoms. The Labute approximate surface area is 168 Å². The lowest BCUT2D eigenvalue weighted by atomic mass is 10.2. The second kappa shape index (κ2) is 6.82. The van der Waals surface area contributed by atoms with Crippen LogP contribution in [0.2, 0.25) is 0 Å². The maximum atomic E-state index is 13.1. The smallest absolute Gasteiger partial charge is 0.243 e. The van der Waals surface area contributed by atoms with Crippen molar-refractivity contribution in [3.05, 3.63) is 35.3 Å². The van der Waals surface area contributed by atoms with Crippen molar-refractivity contribution in [3.8, 4) is 0 Å². The Bertz CT molecular complexity index is 994. The number of hydrogen-bond acceptors (Lipinski definition) is 6. The van der Waals surface area contributed by atoms with Crippen LogP contribution < -0.4 is 9.80 Å². The molecule has 0 atom stereocenters. The second-order valence-corrected chi connectivity index (χ2v) is 10.3. The van der Waals surface area contributed by atoms with Crippen LogP contribution in [0.15, 0.2) is 34.7 Å². The highest BCUT2D eigenvalue weighted by Gasteiger charge is 2.37. The lowest BCUT2D eigenvalue weighted by Gasteiger charge is -2.33. The molecule has 0 bridgehead atoms. The maximum absolute atomic E-state index is 13.1. The number of carbonyl (C=O) groups is 1. The van der Waals surface area contributed by atoms with E-state index < -0.39 is 10.0 Å². The van der Waals surface area contributed by atoms with Crippen molar-refractivity contribution in [2.75, 3.05) is 42.5 Å². The highest BCUT2D eigenvalue weighted by Crippen LogP contribution is 2.37. The summed E-state index contributed by atoms with van der Waals surface area (Å²) in [6.07, 6.45) is 4.44. The number of anilines is 2. The van der Waals surface area contributed by atoms with Gasteiger partial charge in [0, 0.05) is 55.9 Å². The van der Waals surface area contributed by atoms with Crippen molar-refractivity contribution in [1.29, 1.82) is 0 Å². The van der Waals surface area contributed by atoms with Crippen LogP contribution >= 0.6 is 11.3 Å². The highest BCUT2D eigenvalue weighted by atomic mass is 32.2. The summed E-state index contributed by atoms with van der Waals surface area (Å²) >= 11 is 1.57. The maximum Gasteiger partial charge on any atom is 0.243 e. The summed E-state index contributed by atoms with van der Waals surface area (Å²) in [7, 11) is -3.53. The molecule has 0 radical (unpaired) electrons. The second-order valence-electron chi connectivity index (χ2n) is 7.51. The van der Waals surface area contributed by atoms with E-state index in [1.165, 1.54) is 0 Å². The fraction of sp³-hybridized carbons (Fsp3) is 0.474. The average Bonchev–Trinajstić information content (AvgIpc) is 3.25. The van der Waals surface area contributed by atoms with Gasteiger partial charge in [0.15, 0.2) is 5.13 Å². The number of benzene rings is 1. The van der Waals surface area contributed by atoms with Gasteiger partial charge in [0.1, 0.15) is 0 Å². The number of amides is 1. The number of thiazole rings is 1. The Hall–Kier alpha value is -1.97. The van der Waals surface area contributed by atoms with Crippen molar-refractivity contribution >= 4 is 38.1 Å². The molecule has 1 aromatic carbocycles. The third-order valence-corrected chi connectivity index (χ3v) is 8.43. The molecule has 0 N–H and O–H groups in total. The van der Waals surface area contributed by atoms with E-state index >= 15 is 0 Å².